The first kappa shape index (κ1) is 14.4. The second-order valence-corrected chi connectivity index (χ2v) is 6.13. The van der Waals surface area contributed by atoms with Crippen LogP contribution in [0.4, 0.5) is 0 Å². The lowest BCUT2D eigenvalue weighted by Crippen LogP contribution is -2.57. The van der Waals surface area contributed by atoms with Gasteiger partial charge in [0.25, 0.3) is 0 Å². The lowest BCUT2D eigenvalue weighted by atomic mass is 9.69. The normalized spacial score (nSPS) is 28.9. The number of nitrogens with zero attached hydrogens (tertiary/aromatic N) is 2. The van der Waals surface area contributed by atoms with E-state index < -0.39 is 0 Å². The first-order valence-corrected chi connectivity index (χ1v) is 7.89. The maximum Gasteiger partial charge on any atom is 0.191 e. The lowest BCUT2D eigenvalue weighted by Gasteiger charge is -2.48. The Morgan fingerprint density at radius 1 is 1.33 bits per heavy atom. The van der Waals surface area contributed by atoms with Gasteiger partial charge >= 0.3 is 0 Å². The number of guanidine groups is 1. The largest absolute Gasteiger partial charge is 0.383 e. The van der Waals surface area contributed by atoms with E-state index in [1.165, 1.54) is 31.2 Å². The molecule has 114 valence electrons. The van der Waals surface area contributed by atoms with Gasteiger partial charge in [-0.2, -0.15) is 0 Å². The molecule has 0 amide bonds. The SMILES string of the molecule is COCCN1C(N)=NCC12CCCCC2c1ccccc1. The van der Waals surface area contributed by atoms with Gasteiger partial charge in [0.05, 0.1) is 18.7 Å². The Kier molecular flexibility index (Phi) is 4.15. The number of hydrogen-bond acceptors (Lipinski definition) is 4. The first-order chi connectivity index (χ1) is 10.3. The average molecular weight is 287 g/mol. The lowest BCUT2D eigenvalue weighted by molar-refractivity contribution is 0.0837. The van der Waals surface area contributed by atoms with Crippen molar-refractivity contribution in [2.45, 2.75) is 37.1 Å². The van der Waals surface area contributed by atoms with Gasteiger partial charge in [-0.1, -0.05) is 43.2 Å². The molecule has 1 aromatic rings. The van der Waals surface area contributed by atoms with Gasteiger partial charge in [0, 0.05) is 19.6 Å². The fraction of sp³-hybridized carbons (Fsp3) is 0.588. The molecule has 1 spiro atoms. The minimum absolute atomic E-state index is 0.0578. The molecule has 1 aliphatic heterocycles. The molecule has 2 unspecified atom stereocenters. The molecule has 1 saturated carbocycles. The number of methoxy groups -OCH3 is 1. The minimum atomic E-state index is 0.0578. The average Bonchev–Trinajstić information content (AvgIpc) is 2.83. The van der Waals surface area contributed by atoms with Gasteiger partial charge in [0.2, 0.25) is 0 Å². The zero-order valence-electron chi connectivity index (χ0n) is 12.8. The van der Waals surface area contributed by atoms with Crippen molar-refractivity contribution in [2.75, 3.05) is 26.8 Å². The van der Waals surface area contributed by atoms with E-state index >= 15 is 0 Å². The van der Waals surface area contributed by atoms with Crippen molar-refractivity contribution in [1.82, 2.24) is 4.90 Å². The van der Waals surface area contributed by atoms with Gasteiger partial charge in [-0.3, -0.25) is 4.99 Å². The molecule has 1 aliphatic carbocycles. The summed E-state index contributed by atoms with van der Waals surface area (Å²) in [5.41, 5.74) is 7.66. The van der Waals surface area contributed by atoms with Crippen molar-refractivity contribution in [3.8, 4) is 0 Å². The van der Waals surface area contributed by atoms with Crippen LogP contribution in [0.5, 0.6) is 0 Å². The van der Waals surface area contributed by atoms with Gasteiger partial charge in [-0.25, -0.2) is 0 Å². The summed E-state index contributed by atoms with van der Waals surface area (Å²) in [6.07, 6.45) is 4.94. The molecule has 2 aliphatic rings. The summed E-state index contributed by atoms with van der Waals surface area (Å²) in [6, 6.07) is 10.9. The number of benzene rings is 1. The molecule has 4 heteroatoms. The van der Waals surface area contributed by atoms with Crippen LogP contribution in [0.3, 0.4) is 0 Å². The van der Waals surface area contributed by atoms with Crippen molar-refractivity contribution in [2.24, 2.45) is 10.7 Å². The summed E-state index contributed by atoms with van der Waals surface area (Å²) in [7, 11) is 1.74. The topological polar surface area (TPSA) is 50.9 Å². The molecule has 1 heterocycles. The summed E-state index contributed by atoms with van der Waals surface area (Å²) in [5.74, 6) is 1.20. The highest BCUT2D eigenvalue weighted by Gasteiger charge is 2.49. The molecule has 0 saturated heterocycles. The van der Waals surface area contributed by atoms with Crippen LogP contribution >= 0.6 is 0 Å². The fourth-order valence-electron chi connectivity index (χ4n) is 4.03. The van der Waals surface area contributed by atoms with E-state index in [9.17, 15) is 0 Å². The van der Waals surface area contributed by atoms with E-state index in [4.69, 9.17) is 10.5 Å². The summed E-state index contributed by atoms with van der Waals surface area (Å²) in [4.78, 5) is 6.90. The molecule has 2 atom stereocenters. The molecule has 21 heavy (non-hydrogen) atoms. The quantitative estimate of drug-likeness (QED) is 0.925. The van der Waals surface area contributed by atoms with Gasteiger partial charge in [0.1, 0.15) is 0 Å². The van der Waals surface area contributed by atoms with Crippen molar-refractivity contribution in [1.29, 1.82) is 0 Å². The molecule has 2 N–H and O–H groups in total. The number of hydrogen-bond donors (Lipinski definition) is 1. The molecule has 1 aromatic carbocycles. The molecular weight excluding hydrogens is 262 g/mol. The molecular formula is C17H25N3O. The third kappa shape index (κ3) is 2.53. The van der Waals surface area contributed by atoms with Crippen molar-refractivity contribution >= 4 is 5.96 Å². The third-order valence-corrected chi connectivity index (χ3v) is 5.05. The molecule has 0 bridgehead atoms. The van der Waals surface area contributed by atoms with Crippen LogP contribution in [0, 0.1) is 0 Å². The van der Waals surface area contributed by atoms with Crippen molar-refractivity contribution in [3.63, 3.8) is 0 Å². The highest BCUT2D eigenvalue weighted by Crippen LogP contribution is 2.46. The fourth-order valence-corrected chi connectivity index (χ4v) is 4.03. The van der Waals surface area contributed by atoms with Crippen LogP contribution in [-0.4, -0.2) is 43.2 Å². The van der Waals surface area contributed by atoms with Gasteiger partial charge < -0.3 is 15.4 Å². The van der Waals surface area contributed by atoms with Gasteiger partial charge in [-0.05, 0) is 18.4 Å². The zero-order chi connectivity index (χ0) is 14.7. The predicted octanol–water partition coefficient (Wildman–Crippen LogP) is 2.36. The summed E-state index contributed by atoms with van der Waals surface area (Å²) in [6.45, 7) is 2.34. The molecule has 1 fully saturated rings. The van der Waals surface area contributed by atoms with Crippen LogP contribution in [-0.2, 0) is 4.74 Å². The second kappa shape index (κ2) is 6.06. The van der Waals surface area contributed by atoms with E-state index in [2.05, 4.69) is 40.2 Å². The third-order valence-electron chi connectivity index (χ3n) is 5.05. The maximum absolute atomic E-state index is 6.19. The molecule has 0 aromatic heterocycles. The smallest absolute Gasteiger partial charge is 0.191 e. The predicted molar refractivity (Wildman–Crippen MR) is 85.5 cm³/mol. The van der Waals surface area contributed by atoms with Crippen molar-refractivity contribution in [3.05, 3.63) is 35.9 Å². The van der Waals surface area contributed by atoms with E-state index in [0.29, 0.717) is 18.5 Å². The Labute approximate surface area is 127 Å². The summed E-state index contributed by atoms with van der Waals surface area (Å²) < 4.78 is 5.27. The number of nitrogens with two attached hydrogens (primary N) is 1. The van der Waals surface area contributed by atoms with Crippen LogP contribution in [0.25, 0.3) is 0 Å². The Morgan fingerprint density at radius 2 is 2.14 bits per heavy atom. The van der Waals surface area contributed by atoms with Gasteiger partial charge in [-0.15, -0.1) is 0 Å². The van der Waals surface area contributed by atoms with Crippen LogP contribution in [0.2, 0.25) is 0 Å². The Balaban J connectivity index is 1.92. The number of ether oxygens (including phenoxy) is 1. The summed E-state index contributed by atoms with van der Waals surface area (Å²) in [5, 5.41) is 0. The van der Waals surface area contributed by atoms with E-state index in [1.807, 2.05) is 0 Å². The minimum Gasteiger partial charge on any atom is -0.383 e. The van der Waals surface area contributed by atoms with E-state index in [-0.39, 0.29) is 5.54 Å². The Bertz CT molecular complexity index is 502. The summed E-state index contributed by atoms with van der Waals surface area (Å²) >= 11 is 0. The Morgan fingerprint density at radius 3 is 2.90 bits per heavy atom. The standard InChI is InChI=1S/C17H25N3O/c1-21-12-11-20-16(18)19-13-17(20)10-6-5-9-15(17)14-7-3-2-4-8-14/h2-4,7-8,15H,5-6,9-13H2,1H3,(H2,18,19). The van der Waals surface area contributed by atoms with E-state index in [0.717, 1.165) is 13.1 Å². The highest BCUT2D eigenvalue weighted by molar-refractivity contribution is 5.81. The molecule has 3 rings (SSSR count). The van der Waals surface area contributed by atoms with Crippen LogP contribution in [0.1, 0.15) is 37.2 Å². The van der Waals surface area contributed by atoms with Crippen LogP contribution in [0.15, 0.2) is 35.3 Å². The van der Waals surface area contributed by atoms with Crippen molar-refractivity contribution < 1.29 is 4.74 Å². The van der Waals surface area contributed by atoms with Gasteiger partial charge in [0.15, 0.2) is 5.96 Å². The first-order valence-electron chi connectivity index (χ1n) is 7.89. The Hall–Kier alpha value is -1.55. The maximum atomic E-state index is 6.19. The van der Waals surface area contributed by atoms with E-state index in [1.54, 1.807) is 7.11 Å². The molecule has 0 radical (unpaired) electrons. The second-order valence-electron chi connectivity index (χ2n) is 6.13. The van der Waals surface area contributed by atoms with Crippen LogP contribution < -0.4 is 5.73 Å². The zero-order valence-corrected chi connectivity index (χ0v) is 12.8. The monoisotopic (exact) mass is 287 g/mol. The number of aliphatic imine (C=N–C) groups is 1. The highest BCUT2D eigenvalue weighted by atomic mass is 16.5. The number of rotatable bonds is 4. The molecule has 4 nitrogen and oxygen atoms in total.